The molecular formula is C19H34F3N3O3. The van der Waals surface area contributed by atoms with Crippen molar-refractivity contribution < 1.29 is 27.9 Å². The van der Waals surface area contributed by atoms with Gasteiger partial charge in [0.05, 0.1) is 18.6 Å². The van der Waals surface area contributed by atoms with Gasteiger partial charge in [0.1, 0.15) is 0 Å². The summed E-state index contributed by atoms with van der Waals surface area (Å²) in [6.07, 6.45) is -4.06. The average molecular weight is 409 g/mol. The molecule has 9 heteroatoms. The zero-order valence-electron chi connectivity index (χ0n) is 17.3. The van der Waals surface area contributed by atoms with Crippen molar-refractivity contribution in [1.29, 1.82) is 0 Å². The summed E-state index contributed by atoms with van der Waals surface area (Å²) in [6, 6.07) is -2.05. The fourth-order valence-electron chi connectivity index (χ4n) is 3.72. The minimum atomic E-state index is -4.84. The number of carbonyl (C=O) groups excluding carboxylic acids is 2. The highest BCUT2D eigenvalue weighted by molar-refractivity contribution is 5.88. The third kappa shape index (κ3) is 6.62. The Bertz CT molecular complexity index is 520. The van der Waals surface area contributed by atoms with E-state index in [1.54, 1.807) is 7.05 Å². The SMILES string of the molecule is CNC(C(=O)N(CC(=O)NC(C(C)C)C(O)C(F)(F)F)C1CCCC1)C(C)C. The van der Waals surface area contributed by atoms with Gasteiger partial charge in [0, 0.05) is 6.04 Å². The largest absolute Gasteiger partial charge is 0.416 e. The summed E-state index contributed by atoms with van der Waals surface area (Å²) in [5, 5.41) is 14.8. The molecule has 0 aliphatic heterocycles. The van der Waals surface area contributed by atoms with Crippen molar-refractivity contribution in [2.75, 3.05) is 13.6 Å². The summed E-state index contributed by atoms with van der Waals surface area (Å²) in [4.78, 5) is 27.0. The lowest BCUT2D eigenvalue weighted by Crippen LogP contribution is -2.57. The van der Waals surface area contributed by atoms with Crippen LogP contribution in [0.25, 0.3) is 0 Å². The highest BCUT2D eigenvalue weighted by Gasteiger charge is 2.45. The second kappa shape index (κ2) is 10.4. The smallest absolute Gasteiger partial charge is 0.382 e. The molecular weight excluding hydrogens is 375 g/mol. The molecule has 0 spiro atoms. The number of alkyl halides is 3. The van der Waals surface area contributed by atoms with E-state index in [4.69, 9.17) is 0 Å². The Kier molecular flexibility index (Phi) is 9.20. The molecule has 164 valence electrons. The third-order valence-electron chi connectivity index (χ3n) is 5.33. The molecule has 0 radical (unpaired) electrons. The third-order valence-corrected chi connectivity index (χ3v) is 5.33. The van der Waals surface area contributed by atoms with Crippen molar-refractivity contribution in [2.45, 2.75) is 83.8 Å². The predicted octanol–water partition coefficient (Wildman–Crippen LogP) is 2.07. The van der Waals surface area contributed by atoms with E-state index in [0.29, 0.717) is 0 Å². The first-order chi connectivity index (χ1) is 12.9. The first kappa shape index (κ1) is 24.7. The van der Waals surface area contributed by atoms with E-state index < -0.39 is 36.2 Å². The molecule has 6 nitrogen and oxygen atoms in total. The molecule has 1 aliphatic carbocycles. The van der Waals surface area contributed by atoms with Crippen LogP contribution in [-0.2, 0) is 9.59 Å². The van der Waals surface area contributed by atoms with Crippen LogP contribution in [0.15, 0.2) is 0 Å². The molecule has 2 amide bonds. The summed E-state index contributed by atoms with van der Waals surface area (Å²) >= 11 is 0. The summed E-state index contributed by atoms with van der Waals surface area (Å²) in [6.45, 7) is 6.45. The summed E-state index contributed by atoms with van der Waals surface area (Å²) in [5.41, 5.74) is 0. The minimum Gasteiger partial charge on any atom is -0.382 e. The molecule has 28 heavy (non-hydrogen) atoms. The molecule has 1 rings (SSSR count). The van der Waals surface area contributed by atoms with Crippen LogP contribution in [0.4, 0.5) is 13.2 Å². The molecule has 1 saturated carbocycles. The Balaban J connectivity index is 2.95. The summed E-state index contributed by atoms with van der Waals surface area (Å²) in [7, 11) is 1.67. The van der Waals surface area contributed by atoms with Crippen molar-refractivity contribution in [3.05, 3.63) is 0 Å². The number of halogens is 3. The van der Waals surface area contributed by atoms with Crippen LogP contribution in [0.3, 0.4) is 0 Å². The van der Waals surface area contributed by atoms with Crippen LogP contribution in [0.2, 0.25) is 0 Å². The molecule has 3 unspecified atom stereocenters. The van der Waals surface area contributed by atoms with Crippen LogP contribution >= 0.6 is 0 Å². The molecule has 3 atom stereocenters. The molecule has 1 fully saturated rings. The average Bonchev–Trinajstić information content (AvgIpc) is 3.10. The maximum atomic E-state index is 13.0. The van der Waals surface area contributed by atoms with E-state index in [0.717, 1.165) is 25.7 Å². The lowest BCUT2D eigenvalue weighted by molar-refractivity contribution is -0.215. The molecule has 0 saturated heterocycles. The van der Waals surface area contributed by atoms with Gasteiger partial charge in [-0.3, -0.25) is 9.59 Å². The lowest BCUT2D eigenvalue weighted by atomic mass is 9.98. The van der Waals surface area contributed by atoms with Gasteiger partial charge in [-0.1, -0.05) is 40.5 Å². The zero-order chi connectivity index (χ0) is 21.6. The standard InChI is InChI=1S/C19H34F3N3O3/c1-11(2)15(17(27)19(20,21)22)24-14(26)10-25(13-8-6-7-9-13)18(28)16(23-5)12(3)4/h11-13,15-17,23,27H,6-10H2,1-5H3,(H,24,26). The predicted molar refractivity (Wildman–Crippen MR) is 100 cm³/mol. The van der Waals surface area contributed by atoms with Crippen LogP contribution in [0, 0.1) is 11.8 Å². The number of aliphatic hydroxyl groups is 1. The van der Waals surface area contributed by atoms with Crippen molar-refractivity contribution in [1.82, 2.24) is 15.5 Å². The fraction of sp³-hybridized carbons (Fsp3) is 0.895. The van der Waals surface area contributed by atoms with Gasteiger partial charge in [0.25, 0.3) is 0 Å². The molecule has 0 heterocycles. The quantitative estimate of drug-likeness (QED) is 0.545. The van der Waals surface area contributed by atoms with Crippen LogP contribution < -0.4 is 10.6 Å². The number of carbonyl (C=O) groups is 2. The summed E-state index contributed by atoms with van der Waals surface area (Å²) in [5.74, 6) is -1.55. The van der Waals surface area contributed by atoms with Crippen LogP contribution in [0.5, 0.6) is 0 Å². The Labute approximate surface area is 165 Å². The number of hydrogen-bond donors (Lipinski definition) is 3. The van der Waals surface area contributed by atoms with Crippen LogP contribution in [-0.4, -0.2) is 65.8 Å². The van der Waals surface area contributed by atoms with Gasteiger partial charge in [-0.25, -0.2) is 0 Å². The second-order valence-electron chi connectivity index (χ2n) is 8.24. The summed E-state index contributed by atoms with van der Waals surface area (Å²) < 4.78 is 38.7. The van der Waals surface area contributed by atoms with Gasteiger partial charge in [-0.2, -0.15) is 13.2 Å². The second-order valence-corrected chi connectivity index (χ2v) is 8.24. The number of amides is 2. The number of hydrogen-bond acceptors (Lipinski definition) is 4. The molecule has 0 aromatic heterocycles. The first-order valence-electron chi connectivity index (χ1n) is 9.92. The highest BCUT2D eigenvalue weighted by Crippen LogP contribution is 2.27. The van der Waals surface area contributed by atoms with E-state index in [1.165, 1.54) is 18.7 Å². The van der Waals surface area contributed by atoms with E-state index in [2.05, 4.69) is 10.6 Å². The number of nitrogens with zero attached hydrogens (tertiary/aromatic N) is 1. The molecule has 0 aromatic carbocycles. The van der Waals surface area contributed by atoms with Gasteiger partial charge in [-0.05, 0) is 31.7 Å². The molecule has 0 bridgehead atoms. The number of nitrogens with one attached hydrogen (secondary N) is 2. The lowest BCUT2D eigenvalue weighted by Gasteiger charge is -2.34. The van der Waals surface area contributed by atoms with Gasteiger partial charge in [0.2, 0.25) is 11.8 Å². The molecule has 1 aliphatic rings. The number of likely N-dealkylation sites (N-methyl/N-ethyl adjacent to an activating group) is 1. The van der Waals surface area contributed by atoms with E-state index in [-0.39, 0.29) is 24.4 Å². The molecule has 0 aromatic rings. The van der Waals surface area contributed by atoms with Crippen LogP contribution in [0.1, 0.15) is 53.4 Å². The van der Waals surface area contributed by atoms with Crippen molar-refractivity contribution in [3.8, 4) is 0 Å². The van der Waals surface area contributed by atoms with Crippen molar-refractivity contribution in [3.63, 3.8) is 0 Å². The normalized spacial score (nSPS) is 19.0. The topological polar surface area (TPSA) is 81.7 Å². The number of rotatable bonds is 9. The van der Waals surface area contributed by atoms with Gasteiger partial charge in [0.15, 0.2) is 6.10 Å². The Morgan fingerprint density at radius 3 is 2.04 bits per heavy atom. The minimum absolute atomic E-state index is 0.0000663. The molecule has 3 N–H and O–H groups in total. The first-order valence-corrected chi connectivity index (χ1v) is 9.92. The zero-order valence-corrected chi connectivity index (χ0v) is 17.3. The van der Waals surface area contributed by atoms with E-state index in [1.807, 2.05) is 13.8 Å². The maximum Gasteiger partial charge on any atom is 0.416 e. The Morgan fingerprint density at radius 2 is 1.64 bits per heavy atom. The fourth-order valence-corrected chi connectivity index (χ4v) is 3.72. The van der Waals surface area contributed by atoms with Crippen molar-refractivity contribution in [2.24, 2.45) is 11.8 Å². The maximum absolute atomic E-state index is 13.0. The number of aliphatic hydroxyl groups excluding tert-OH is 1. The Morgan fingerprint density at radius 1 is 1.11 bits per heavy atom. The van der Waals surface area contributed by atoms with Gasteiger partial charge >= 0.3 is 6.18 Å². The Hall–Kier alpha value is -1.35. The van der Waals surface area contributed by atoms with E-state index in [9.17, 15) is 27.9 Å². The van der Waals surface area contributed by atoms with Gasteiger partial charge < -0.3 is 20.6 Å². The van der Waals surface area contributed by atoms with Crippen molar-refractivity contribution >= 4 is 11.8 Å². The van der Waals surface area contributed by atoms with E-state index >= 15 is 0 Å². The monoisotopic (exact) mass is 409 g/mol. The highest BCUT2D eigenvalue weighted by atomic mass is 19.4. The van der Waals surface area contributed by atoms with Gasteiger partial charge in [-0.15, -0.1) is 0 Å².